The molecule has 1 unspecified atom stereocenters. The van der Waals surface area contributed by atoms with E-state index in [2.05, 4.69) is 132 Å². The van der Waals surface area contributed by atoms with Gasteiger partial charge in [-0.25, -0.2) is 0 Å². The number of aromatic nitrogens is 1. The van der Waals surface area contributed by atoms with E-state index in [1.54, 1.807) is 0 Å². The first kappa shape index (κ1) is 18.6. The number of fused-ring (bicyclic) bond motifs is 6. The Balaban J connectivity index is 1.67. The van der Waals surface area contributed by atoms with Crippen LogP contribution in [0.2, 0.25) is 0 Å². The monoisotopic (exact) mass is 451 g/mol. The number of hydrogen-bond acceptors (Lipinski definition) is 0. The zero-order valence-corrected chi connectivity index (χ0v) is 19.5. The van der Waals surface area contributed by atoms with Crippen molar-refractivity contribution in [1.29, 1.82) is 0 Å². The van der Waals surface area contributed by atoms with Crippen molar-refractivity contribution >= 4 is 44.9 Å². The molecule has 5 aromatic carbocycles. The second-order valence-electron chi connectivity index (χ2n) is 9.29. The average Bonchev–Trinajstić information content (AvgIpc) is 3.42. The van der Waals surface area contributed by atoms with Crippen LogP contribution in [0.3, 0.4) is 0 Å². The second-order valence-corrected chi connectivity index (χ2v) is 12.7. The van der Waals surface area contributed by atoms with Crippen molar-refractivity contribution in [2.45, 2.75) is 5.78 Å². The van der Waals surface area contributed by atoms with Gasteiger partial charge in [0.15, 0.2) is 12.6 Å². The van der Waals surface area contributed by atoms with E-state index in [0.717, 1.165) is 0 Å². The fraction of sp³-hybridized carbons (Fsp3) is 0.0312. The van der Waals surface area contributed by atoms with Crippen molar-refractivity contribution in [3.8, 4) is 11.3 Å². The lowest BCUT2D eigenvalue weighted by atomic mass is 10.00. The van der Waals surface area contributed by atoms with E-state index in [9.17, 15) is 0 Å². The molecule has 0 radical (unpaired) electrons. The molecule has 8 rings (SSSR count). The molecule has 1 aromatic heterocycles. The smallest absolute Gasteiger partial charge is 0.145 e. The first-order chi connectivity index (χ1) is 16.9. The second kappa shape index (κ2) is 6.63. The molecule has 0 N–H and O–H groups in total. The van der Waals surface area contributed by atoms with E-state index < -0.39 is 7.26 Å². The van der Waals surface area contributed by atoms with Gasteiger partial charge in [0.25, 0.3) is 11.3 Å². The summed E-state index contributed by atoms with van der Waals surface area (Å²) < 4.78 is 2.71. The molecule has 1 atom stereocenters. The minimum absolute atomic E-state index is 0.271. The molecule has 0 aliphatic carbocycles. The lowest BCUT2D eigenvalue weighted by molar-refractivity contribution is -0.646. The minimum Gasteiger partial charge on any atom is -0.145 e. The van der Waals surface area contributed by atoms with Gasteiger partial charge in [-0.1, -0.05) is 72.8 Å². The van der Waals surface area contributed by atoms with Crippen molar-refractivity contribution in [2.75, 3.05) is 0 Å². The van der Waals surface area contributed by atoms with E-state index in [1.165, 1.54) is 54.4 Å². The van der Waals surface area contributed by atoms with Crippen LogP contribution in [-0.4, -0.2) is 0 Å². The summed E-state index contributed by atoms with van der Waals surface area (Å²) >= 11 is 0. The molecule has 2 aliphatic heterocycles. The van der Waals surface area contributed by atoms with Gasteiger partial charge >= 0.3 is 0 Å². The maximum atomic E-state index is 2.71. The van der Waals surface area contributed by atoms with E-state index in [-0.39, 0.29) is 5.78 Å². The number of para-hydroxylation sites is 1. The first-order valence-electron chi connectivity index (χ1n) is 11.9. The summed E-state index contributed by atoms with van der Waals surface area (Å²) in [7, 11) is -2.03. The Bertz CT molecular complexity index is 1720. The molecule has 3 heterocycles. The van der Waals surface area contributed by atoms with E-state index in [1.807, 2.05) is 0 Å². The third-order valence-electron chi connectivity index (χ3n) is 7.78. The van der Waals surface area contributed by atoms with Crippen LogP contribution in [0.25, 0.3) is 32.9 Å². The van der Waals surface area contributed by atoms with Crippen LogP contribution in [0, 0.1) is 0 Å². The molecule has 1 nitrogen and oxygen atoms in total. The van der Waals surface area contributed by atoms with Gasteiger partial charge < -0.3 is 0 Å². The van der Waals surface area contributed by atoms with Crippen LogP contribution in [0.1, 0.15) is 11.3 Å². The minimum atomic E-state index is -2.03. The maximum absolute atomic E-state index is 2.71. The predicted octanol–water partition coefficient (Wildman–Crippen LogP) is 6.12. The quantitative estimate of drug-likeness (QED) is 0.170. The Morgan fingerprint density at radius 2 is 1.09 bits per heavy atom. The molecule has 2 aliphatic rings. The molecule has 0 saturated carbocycles. The summed E-state index contributed by atoms with van der Waals surface area (Å²) in [6.45, 7) is 0. The van der Waals surface area contributed by atoms with Gasteiger partial charge in [-0.05, 0) is 54.6 Å². The Hall–Kier alpha value is -3.80. The topological polar surface area (TPSA) is 3.88 Å². The van der Waals surface area contributed by atoms with Crippen molar-refractivity contribution in [2.24, 2.45) is 0 Å². The summed E-state index contributed by atoms with van der Waals surface area (Å²) in [5.41, 5.74) is 5.64. The summed E-state index contributed by atoms with van der Waals surface area (Å²) in [5.74, 6) is 0.271. The van der Waals surface area contributed by atoms with Gasteiger partial charge in [0.2, 0.25) is 5.69 Å². The van der Waals surface area contributed by atoms with Crippen LogP contribution in [0.15, 0.2) is 127 Å². The number of benzene rings is 5. The van der Waals surface area contributed by atoms with Gasteiger partial charge in [0, 0.05) is 5.39 Å². The van der Waals surface area contributed by atoms with Crippen LogP contribution in [-0.2, 0) is 0 Å². The lowest BCUT2D eigenvalue weighted by Crippen LogP contribution is -2.40. The van der Waals surface area contributed by atoms with Crippen molar-refractivity contribution in [3.63, 3.8) is 0 Å². The Morgan fingerprint density at radius 3 is 1.82 bits per heavy atom. The molecule has 0 amide bonds. The lowest BCUT2D eigenvalue weighted by Gasteiger charge is -2.24. The largest absolute Gasteiger partial charge is 0.298 e. The van der Waals surface area contributed by atoms with E-state index in [4.69, 9.17) is 0 Å². The third kappa shape index (κ3) is 2.08. The Morgan fingerprint density at radius 1 is 0.500 bits per heavy atom. The van der Waals surface area contributed by atoms with Crippen LogP contribution < -0.4 is 20.5 Å². The molecule has 0 saturated heterocycles. The van der Waals surface area contributed by atoms with Gasteiger partial charge in [0.05, 0.1) is 21.9 Å². The normalized spacial score (nSPS) is 16.8. The standard InChI is InChI=1S/C32H22NP/c1-3-12-22(13-4-1)34(23-14-5-2-6-15-23)29-21-11-20-26-24-16-7-8-17-25(24)30-27-18-9-10-19-28(27)32(34)33(30)31(26)29/h1-21,32H/q+2. The van der Waals surface area contributed by atoms with Gasteiger partial charge in [-0.3, -0.25) is 0 Å². The SMILES string of the molecule is c1ccc([P+]2(c3ccccc3)c3cccc4c5ccccc5c5[n+](c34)C2c2ccccc2-5)cc1. The van der Waals surface area contributed by atoms with Crippen LogP contribution in [0.5, 0.6) is 0 Å². The third-order valence-corrected chi connectivity index (χ3v) is 12.4. The fourth-order valence-corrected chi connectivity index (χ4v) is 11.7. The number of rotatable bonds is 2. The van der Waals surface area contributed by atoms with Crippen molar-refractivity contribution in [3.05, 3.63) is 133 Å². The molecule has 6 aromatic rings. The van der Waals surface area contributed by atoms with Gasteiger partial charge in [-0.2, -0.15) is 0 Å². The fourth-order valence-electron chi connectivity index (χ4n) is 6.60. The Kier molecular flexibility index (Phi) is 3.63. The van der Waals surface area contributed by atoms with Gasteiger partial charge in [0.1, 0.15) is 10.6 Å². The van der Waals surface area contributed by atoms with Crippen LogP contribution in [0.4, 0.5) is 0 Å². The molecule has 34 heavy (non-hydrogen) atoms. The highest BCUT2D eigenvalue weighted by atomic mass is 31.2. The number of hydrogen-bond donors (Lipinski definition) is 0. The molecule has 0 fully saturated rings. The van der Waals surface area contributed by atoms with E-state index >= 15 is 0 Å². The number of pyridine rings is 1. The molecule has 0 spiro atoms. The summed E-state index contributed by atoms with van der Waals surface area (Å²) in [6.07, 6.45) is 0. The predicted molar refractivity (Wildman–Crippen MR) is 144 cm³/mol. The zero-order chi connectivity index (χ0) is 22.3. The molecule has 0 bridgehead atoms. The highest BCUT2D eigenvalue weighted by Crippen LogP contribution is 2.71. The first-order valence-corrected chi connectivity index (χ1v) is 13.8. The summed E-state index contributed by atoms with van der Waals surface area (Å²) in [6, 6.07) is 47.7. The number of nitrogens with zero attached hydrogens (tertiary/aromatic N) is 1. The van der Waals surface area contributed by atoms with Crippen LogP contribution >= 0.6 is 7.26 Å². The summed E-state index contributed by atoms with van der Waals surface area (Å²) in [5, 5.41) is 8.48. The van der Waals surface area contributed by atoms with Crippen molar-refractivity contribution in [1.82, 2.24) is 0 Å². The van der Waals surface area contributed by atoms with E-state index in [0.29, 0.717) is 0 Å². The Labute approximate surface area is 199 Å². The average molecular weight is 452 g/mol. The maximum Gasteiger partial charge on any atom is 0.298 e. The van der Waals surface area contributed by atoms with Crippen molar-refractivity contribution < 1.29 is 4.57 Å². The highest BCUT2D eigenvalue weighted by molar-refractivity contribution is 7.96. The molecule has 158 valence electrons. The molecular weight excluding hydrogens is 429 g/mol. The highest BCUT2D eigenvalue weighted by Gasteiger charge is 2.69. The zero-order valence-electron chi connectivity index (χ0n) is 18.6. The summed E-state index contributed by atoms with van der Waals surface area (Å²) in [4.78, 5) is 0. The molecule has 2 heteroatoms. The molecular formula is C32H22NP+2. The van der Waals surface area contributed by atoms with Gasteiger partial charge in [-0.15, -0.1) is 4.57 Å².